The number of hydrogen-bond acceptors (Lipinski definition) is 4. The highest BCUT2D eigenvalue weighted by atomic mass is 16.5. The third kappa shape index (κ3) is 4.85. The van der Waals surface area contributed by atoms with E-state index in [9.17, 15) is 4.79 Å². The maximum Gasteiger partial charge on any atom is 0.176 e. The van der Waals surface area contributed by atoms with Crippen molar-refractivity contribution in [2.45, 2.75) is 6.42 Å². The molecule has 0 aliphatic rings. The Morgan fingerprint density at radius 1 is 1.22 bits per heavy atom. The van der Waals surface area contributed by atoms with Gasteiger partial charge >= 0.3 is 0 Å². The minimum absolute atomic E-state index is 0.123. The fourth-order valence-corrected chi connectivity index (χ4v) is 1.67. The molecule has 0 radical (unpaired) electrons. The van der Waals surface area contributed by atoms with Gasteiger partial charge in [0.1, 0.15) is 5.75 Å². The number of benzene rings is 1. The molecule has 0 aliphatic carbocycles. The zero-order valence-corrected chi connectivity index (χ0v) is 11.3. The van der Waals surface area contributed by atoms with Crippen LogP contribution < -0.4 is 4.74 Å². The van der Waals surface area contributed by atoms with Crippen molar-refractivity contribution in [3.8, 4) is 5.75 Å². The first-order valence-electron chi connectivity index (χ1n) is 6.02. The number of hydrogen-bond donors (Lipinski definition) is 0. The van der Waals surface area contributed by atoms with E-state index in [1.165, 1.54) is 0 Å². The summed E-state index contributed by atoms with van der Waals surface area (Å²) >= 11 is 0. The summed E-state index contributed by atoms with van der Waals surface area (Å²) in [7, 11) is 5.24. The summed E-state index contributed by atoms with van der Waals surface area (Å²) in [6.07, 6.45) is 0.933. The van der Waals surface area contributed by atoms with Gasteiger partial charge in [-0.3, -0.25) is 9.69 Å². The standard InChI is InChI=1S/C14H21NO3/c1-15(9-4-10-17-2)11-14(16)12-5-7-13(18-3)8-6-12/h5-8H,4,9-11H2,1-3H3. The minimum atomic E-state index is 0.123. The summed E-state index contributed by atoms with van der Waals surface area (Å²) in [5, 5.41) is 0. The first-order chi connectivity index (χ1) is 8.67. The van der Waals surface area contributed by atoms with Gasteiger partial charge in [-0.2, -0.15) is 0 Å². The van der Waals surface area contributed by atoms with Gasteiger partial charge in [0, 0.05) is 25.8 Å². The summed E-state index contributed by atoms with van der Waals surface area (Å²) in [5.41, 5.74) is 0.717. The molecule has 0 atom stereocenters. The van der Waals surface area contributed by atoms with Crippen LogP contribution in [0.4, 0.5) is 0 Å². The first kappa shape index (κ1) is 14.7. The van der Waals surface area contributed by atoms with Gasteiger partial charge in [0.05, 0.1) is 13.7 Å². The van der Waals surface area contributed by atoms with Crippen molar-refractivity contribution < 1.29 is 14.3 Å². The van der Waals surface area contributed by atoms with Crippen LogP contribution in [0.5, 0.6) is 5.75 Å². The molecule has 0 N–H and O–H groups in total. The lowest BCUT2D eigenvalue weighted by molar-refractivity contribution is 0.0938. The molecule has 1 aromatic carbocycles. The fraction of sp³-hybridized carbons (Fsp3) is 0.500. The van der Waals surface area contributed by atoms with Gasteiger partial charge in [-0.1, -0.05) is 0 Å². The van der Waals surface area contributed by atoms with Crippen LogP contribution in [0.2, 0.25) is 0 Å². The van der Waals surface area contributed by atoms with Gasteiger partial charge in [0.25, 0.3) is 0 Å². The van der Waals surface area contributed by atoms with Crippen LogP contribution in [0.3, 0.4) is 0 Å². The number of ether oxygens (including phenoxy) is 2. The lowest BCUT2D eigenvalue weighted by atomic mass is 10.1. The molecular weight excluding hydrogens is 230 g/mol. The average molecular weight is 251 g/mol. The second kappa shape index (κ2) is 7.84. The molecular formula is C14H21NO3. The van der Waals surface area contributed by atoms with E-state index in [1.807, 2.05) is 11.9 Å². The van der Waals surface area contributed by atoms with Crippen molar-refractivity contribution in [2.24, 2.45) is 0 Å². The predicted octanol–water partition coefficient (Wildman–Crippen LogP) is 1.85. The molecule has 0 spiro atoms. The molecule has 0 bridgehead atoms. The molecule has 0 fully saturated rings. The van der Waals surface area contributed by atoms with Gasteiger partial charge in [-0.15, -0.1) is 0 Å². The van der Waals surface area contributed by atoms with E-state index >= 15 is 0 Å². The molecule has 0 aromatic heterocycles. The number of methoxy groups -OCH3 is 2. The van der Waals surface area contributed by atoms with Crippen LogP contribution in [0.15, 0.2) is 24.3 Å². The lowest BCUT2D eigenvalue weighted by Gasteiger charge is -2.15. The van der Waals surface area contributed by atoms with Gasteiger partial charge < -0.3 is 9.47 Å². The predicted molar refractivity (Wildman–Crippen MR) is 71.3 cm³/mol. The van der Waals surface area contributed by atoms with Crippen LogP contribution in [0, 0.1) is 0 Å². The normalized spacial score (nSPS) is 10.7. The molecule has 0 heterocycles. The average Bonchev–Trinajstić information content (AvgIpc) is 2.39. The maximum atomic E-state index is 12.0. The SMILES string of the molecule is COCCCN(C)CC(=O)c1ccc(OC)cc1. The number of carbonyl (C=O) groups excluding carboxylic acids is 1. The van der Waals surface area contributed by atoms with E-state index in [0.29, 0.717) is 6.54 Å². The monoisotopic (exact) mass is 251 g/mol. The van der Waals surface area contributed by atoms with Crippen molar-refractivity contribution >= 4 is 5.78 Å². The Kier molecular flexibility index (Phi) is 6.39. The van der Waals surface area contributed by atoms with Crippen LogP contribution in [-0.4, -0.2) is 51.6 Å². The van der Waals surface area contributed by atoms with E-state index in [2.05, 4.69) is 0 Å². The van der Waals surface area contributed by atoms with Crippen LogP contribution >= 0.6 is 0 Å². The van der Waals surface area contributed by atoms with E-state index in [4.69, 9.17) is 9.47 Å². The smallest absolute Gasteiger partial charge is 0.176 e. The number of rotatable bonds is 8. The van der Waals surface area contributed by atoms with E-state index < -0.39 is 0 Å². The van der Waals surface area contributed by atoms with Crippen LogP contribution in [0.1, 0.15) is 16.8 Å². The Bertz CT molecular complexity index is 362. The number of ketones is 1. The Morgan fingerprint density at radius 2 is 1.89 bits per heavy atom. The number of nitrogens with zero attached hydrogens (tertiary/aromatic N) is 1. The lowest BCUT2D eigenvalue weighted by Crippen LogP contribution is -2.27. The van der Waals surface area contributed by atoms with Crippen molar-refractivity contribution in [3.05, 3.63) is 29.8 Å². The molecule has 1 rings (SSSR count). The summed E-state index contributed by atoms with van der Waals surface area (Å²) in [5.74, 6) is 0.887. The first-order valence-corrected chi connectivity index (χ1v) is 6.02. The quantitative estimate of drug-likeness (QED) is 0.522. The Balaban J connectivity index is 2.43. The van der Waals surface area contributed by atoms with Gasteiger partial charge in [0.2, 0.25) is 0 Å². The van der Waals surface area contributed by atoms with Crippen molar-refractivity contribution in [1.82, 2.24) is 4.90 Å². The maximum absolute atomic E-state index is 12.0. The summed E-state index contributed by atoms with van der Waals surface area (Å²) in [6.45, 7) is 2.01. The molecule has 0 saturated carbocycles. The number of likely N-dealkylation sites (N-methyl/N-ethyl adjacent to an activating group) is 1. The number of Topliss-reactive ketones (excluding diaryl/α,β-unsaturated/α-hetero) is 1. The molecule has 0 aliphatic heterocycles. The third-order valence-electron chi connectivity index (χ3n) is 2.71. The van der Waals surface area contributed by atoms with Gasteiger partial charge in [-0.25, -0.2) is 0 Å². The van der Waals surface area contributed by atoms with E-state index in [0.717, 1.165) is 30.9 Å². The summed E-state index contributed by atoms with van der Waals surface area (Å²) in [4.78, 5) is 14.0. The topological polar surface area (TPSA) is 38.8 Å². The van der Waals surface area contributed by atoms with Crippen LogP contribution in [-0.2, 0) is 4.74 Å². The molecule has 18 heavy (non-hydrogen) atoms. The van der Waals surface area contributed by atoms with Crippen molar-refractivity contribution in [2.75, 3.05) is 41.0 Å². The highest BCUT2D eigenvalue weighted by Crippen LogP contribution is 2.11. The fourth-order valence-electron chi connectivity index (χ4n) is 1.67. The largest absolute Gasteiger partial charge is 0.497 e. The summed E-state index contributed by atoms with van der Waals surface area (Å²) < 4.78 is 10.0. The second-order valence-electron chi connectivity index (χ2n) is 4.24. The third-order valence-corrected chi connectivity index (χ3v) is 2.71. The molecule has 4 nitrogen and oxygen atoms in total. The Morgan fingerprint density at radius 3 is 2.44 bits per heavy atom. The molecule has 100 valence electrons. The zero-order chi connectivity index (χ0) is 13.4. The highest BCUT2D eigenvalue weighted by molar-refractivity contribution is 5.97. The van der Waals surface area contributed by atoms with Gasteiger partial charge in [0.15, 0.2) is 5.78 Å². The van der Waals surface area contributed by atoms with Crippen LogP contribution in [0.25, 0.3) is 0 Å². The highest BCUT2D eigenvalue weighted by Gasteiger charge is 2.09. The molecule has 0 amide bonds. The Labute approximate surface area is 108 Å². The number of carbonyl (C=O) groups is 1. The Hall–Kier alpha value is -1.39. The molecule has 1 aromatic rings. The molecule has 4 heteroatoms. The van der Waals surface area contributed by atoms with E-state index in [-0.39, 0.29) is 5.78 Å². The van der Waals surface area contributed by atoms with Crippen molar-refractivity contribution in [3.63, 3.8) is 0 Å². The van der Waals surface area contributed by atoms with Gasteiger partial charge in [-0.05, 0) is 37.7 Å². The van der Waals surface area contributed by atoms with E-state index in [1.54, 1.807) is 38.5 Å². The minimum Gasteiger partial charge on any atom is -0.497 e. The second-order valence-corrected chi connectivity index (χ2v) is 4.24. The molecule has 0 unspecified atom stereocenters. The zero-order valence-electron chi connectivity index (χ0n) is 11.3. The summed E-state index contributed by atoms with van der Waals surface area (Å²) in [6, 6.07) is 7.20. The van der Waals surface area contributed by atoms with Crippen molar-refractivity contribution in [1.29, 1.82) is 0 Å². The molecule has 0 saturated heterocycles.